The fourth-order valence-electron chi connectivity index (χ4n) is 1.28. The highest BCUT2D eigenvalue weighted by Crippen LogP contribution is 2.32. The van der Waals surface area contributed by atoms with Gasteiger partial charge >= 0.3 is 5.97 Å². The fourth-order valence-corrected chi connectivity index (χ4v) is 1.62. The van der Waals surface area contributed by atoms with Crippen LogP contribution in [-0.4, -0.2) is 21.2 Å². The van der Waals surface area contributed by atoms with Gasteiger partial charge in [0.15, 0.2) is 0 Å². The van der Waals surface area contributed by atoms with Crippen LogP contribution in [0, 0.1) is 0 Å². The molecule has 1 heterocycles. The topological polar surface area (TPSA) is 73.3 Å². The molecular weight excluding hydrogens is 250 g/mol. The molecule has 72 valence electrons. The second-order valence-corrected chi connectivity index (χ2v) is 3.70. The molecule has 0 saturated heterocycles. The van der Waals surface area contributed by atoms with Crippen molar-refractivity contribution >= 4 is 32.8 Å². The third kappa shape index (κ3) is 1.26. The molecule has 2 aromatic rings. The van der Waals surface area contributed by atoms with E-state index in [1.54, 1.807) is 12.1 Å². The number of carboxylic acids is 1. The zero-order valence-corrected chi connectivity index (χ0v) is 8.50. The summed E-state index contributed by atoms with van der Waals surface area (Å²) >= 11 is 3.15. The van der Waals surface area contributed by atoms with E-state index in [4.69, 9.17) is 5.11 Å². The van der Waals surface area contributed by atoms with Crippen LogP contribution < -0.4 is 0 Å². The highest BCUT2D eigenvalue weighted by atomic mass is 79.9. The van der Waals surface area contributed by atoms with Crippen LogP contribution in [0.15, 0.2) is 22.7 Å². The molecule has 0 amide bonds. The van der Waals surface area contributed by atoms with Gasteiger partial charge in [0, 0.05) is 10.9 Å². The molecule has 0 aliphatic rings. The van der Waals surface area contributed by atoms with Gasteiger partial charge < -0.3 is 15.2 Å². The number of phenols is 1. The number of hydrogen-bond acceptors (Lipinski definition) is 2. The van der Waals surface area contributed by atoms with Gasteiger partial charge in [-0.05, 0) is 34.1 Å². The zero-order valence-electron chi connectivity index (χ0n) is 6.91. The zero-order chi connectivity index (χ0) is 10.3. The normalized spacial score (nSPS) is 10.6. The number of carbonyl (C=O) groups is 1. The molecule has 0 aliphatic carbocycles. The third-order valence-electron chi connectivity index (χ3n) is 1.96. The lowest BCUT2D eigenvalue weighted by molar-refractivity contribution is 0.0691. The van der Waals surface area contributed by atoms with Crippen molar-refractivity contribution in [3.8, 4) is 5.75 Å². The number of hydrogen-bond donors (Lipinski definition) is 3. The molecule has 0 aliphatic heterocycles. The predicted molar refractivity (Wildman–Crippen MR) is 54.6 cm³/mol. The Morgan fingerprint density at radius 2 is 2.14 bits per heavy atom. The van der Waals surface area contributed by atoms with Crippen LogP contribution in [0.2, 0.25) is 0 Å². The summed E-state index contributed by atoms with van der Waals surface area (Å²) in [6.45, 7) is 0. The Morgan fingerprint density at radius 3 is 2.79 bits per heavy atom. The third-order valence-corrected chi connectivity index (χ3v) is 2.60. The highest BCUT2D eigenvalue weighted by Gasteiger charge is 2.11. The summed E-state index contributed by atoms with van der Waals surface area (Å²) in [6.07, 6.45) is 0. The maximum Gasteiger partial charge on any atom is 0.352 e. The van der Waals surface area contributed by atoms with E-state index in [-0.39, 0.29) is 11.4 Å². The second-order valence-electron chi connectivity index (χ2n) is 2.85. The van der Waals surface area contributed by atoms with Gasteiger partial charge in [0.1, 0.15) is 11.4 Å². The molecule has 0 fully saturated rings. The van der Waals surface area contributed by atoms with Gasteiger partial charge in [0.05, 0.1) is 4.47 Å². The lowest BCUT2D eigenvalue weighted by Gasteiger charge is -1.96. The summed E-state index contributed by atoms with van der Waals surface area (Å²) < 4.78 is 0.543. The van der Waals surface area contributed by atoms with Gasteiger partial charge in [-0.2, -0.15) is 0 Å². The second kappa shape index (κ2) is 3.02. The molecule has 0 bridgehead atoms. The van der Waals surface area contributed by atoms with Gasteiger partial charge in [-0.1, -0.05) is 0 Å². The fraction of sp³-hybridized carbons (Fsp3) is 0. The molecule has 14 heavy (non-hydrogen) atoms. The Bertz CT molecular complexity index is 518. The average Bonchev–Trinajstić information content (AvgIpc) is 2.56. The largest absolute Gasteiger partial charge is 0.506 e. The minimum Gasteiger partial charge on any atom is -0.506 e. The van der Waals surface area contributed by atoms with Crippen LogP contribution in [0.4, 0.5) is 0 Å². The van der Waals surface area contributed by atoms with Crippen LogP contribution >= 0.6 is 15.9 Å². The van der Waals surface area contributed by atoms with Crippen LogP contribution in [0.5, 0.6) is 5.75 Å². The SMILES string of the molecule is O=C(O)c1cc2c(O)c(Br)ccc2[nH]1. The van der Waals surface area contributed by atoms with Crippen LogP contribution in [0.25, 0.3) is 10.9 Å². The number of carboxylic acid groups (broad SMARTS) is 1. The van der Waals surface area contributed by atoms with E-state index in [0.29, 0.717) is 15.4 Å². The maximum atomic E-state index is 10.6. The Hall–Kier alpha value is -1.49. The molecule has 4 nitrogen and oxygen atoms in total. The van der Waals surface area contributed by atoms with E-state index in [9.17, 15) is 9.90 Å². The van der Waals surface area contributed by atoms with Gasteiger partial charge in [-0.25, -0.2) is 4.79 Å². The number of fused-ring (bicyclic) bond motifs is 1. The van der Waals surface area contributed by atoms with E-state index in [1.165, 1.54) is 6.07 Å². The summed E-state index contributed by atoms with van der Waals surface area (Å²) in [5.41, 5.74) is 0.663. The number of aromatic amines is 1. The van der Waals surface area contributed by atoms with Gasteiger partial charge in [0.25, 0.3) is 0 Å². The first-order valence-corrected chi connectivity index (χ1v) is 4.62. The van der Waals surface area contributed by atoms with Crippen molar-refractivity contribution in [2.45, 2.75) is 0 Å². The molecule has 0 spiro atoms. The van der Waals surface area contributed by atoms with Gasteiger partial charge in [-0.3, -0.25) is 0 Å². The summed E-state index contributed by atoms with van der Waals surface area (Å²) in [5.74, 6) is -0.997. The van der Waals surface area contributed by atoms with Crippen molar-refractivity contribution in [3.05, 3.63) is 28.4 Å². The minimum absolute atomic E-state index is 0.0475. The number of aromatic carboxylic acids is 1. The number of nitrogens with one attached hydrogen (secondary N) is 1. The van der Waals surface area contributed by atoms with Crippen molar-refractivity contribution in [1.29, 1.82) is 0 Å². The Balaban J connectivity index is 2.77. The Morgan fingerprint density at radius 1 is 1.43 bits per heavy atom. The number of halogens is 1. The van der Waals surface area contributed by atoms with E-state index in [2.05, 4.69) is 20.9 Å². The van der Waals surface area contributed by atoms with E-state index >= 15 is 0 Å². The Labute approximate surface area is 87.3 Å². The molecule has 0 unspecified atom stereocenters. The molecule has 5 heteroatoms. The predicted octanol–water partition coefficient (Wildman–Crippen LogP) is 2.33. The van der Waals surface area contributed by atoms with E-state index in [0.717, 1.165) is 0 Å². The lowest BCUT2D eigenvalue weighted by atomic mass is 10.2. The molecule has 0 atom stereocenters. The Kier molecular flexibility index (Phi) is 1.96. The summed E-state index contributed by atoms with van der Waals surface area (Å²) in [7, 11) is 0. The van der Waals surface area contributed by atoms with E-state index < -0.39 is 5.97 Å². The molecule has 3 N–H and O–H groups in total. The van der Waals surface area contributed by atoms with Crippen molar-refractivity contribution in [2.24, 2.45) is 0 Å². The first-order valence-electron chi connectivity index (χ1n) is 3.83. The van der Waals surface area contributed by atoms with Crippen molar-refractivity contribution in [3.63, 3.8) is 0 Å². The van der Waals surface area contributed by atoms with Crippen molar-refractivity contribution < 1.29 is 15.0 Å². The van der Waals surface area contributed by atoms with Gasteiger partial charge in [0.2, 0.25) is 0 Å². The average molecular weight is 256 g/mol. The molecule has 1 aromatic carbocycles. The standard InChI is InChI=1S/C9H6BrNO3/c10-5-1-2-6-4(8(5)12)3-7(11-6)9(13)14/h1-3,11-12H,(H,13,14). The number of benzene rings is 1. The molecular formula is C9H6BrNO3. The number of phenolic OH excluding ortho intramolecular Hbond substituents is 1. The highest BCUT2D eigenvalue weighted by molar-refractivity contribution is 9.10. The number of rotatable bonds is 1. The summed E-state index contributed by atoms with van der Waals surface area (Å²) in [4.78, 5) is 13.3. The lowest BCUT2D eigenvalue weighted by Crippen LogP contribution is -1.94. The number of aromatic nitrogens is 1. The number of aromatic hydroxyl groups is 1. The minimum atomic E-state index is -1.04. The first kappa shape index (κ1) is 9.08. The first-order chi connectivity index (χ1) is 6.59. The summed E-state index contributed by atoms with van der Waals surface area (Å²) in [5, 5.41) is 18.8. The molecule has 0 radical (unpaired) electrons. The van der Waals surface area contributed by atoms with Crippen molar-refractivity contribution in [2.75, 3.05) is 0 Å². The molecule has 1 aromatic heterocycles. The maximum absolute atomic E-state index is 10.6. The number of H-pyrrole nitrogens is 1. The van der Waals surface area contributed by atoms with E-state index in [1.807, 2.05) is 0 Å². The molecule has 0 saturated carbocycles. The van der Waals surface area contributed by atoms with Crippen molar-refractivity contribution in [1.82, 2.24) is 4.98 Å². The molecule has 2 rings (SSSR count). The van der Waals surface area contributed by atoms with Crippen LogP contribution in [0.3, 0.4) is 0 Å². The van der Waals surface area contributed by atoms with Crippen LogP contribution in [-0.2, 0) is 0 Å². The summed E-state index contributed by atoms with van der Waals surface area (Å²) in [6, 6.07) is 4.75. The van der Waals surface area contributed by atoms with Crippen LogP contribution in [0.1, 0.15) is 10.5 Å². The quantitative estimate of drug-likeness (QED) is 0.733. The monoisotopic (exact) mass is 255 g/mol. The van der Waals surface area contributed by atoms with Gasteiger partial charge in [-0.15, -0.1) is 0 Å². The smallest absolute Gasteiger partial charge is 0.352 e.